The van der Waals surface area contributed by atoms with Crippen LogP contribution in [0.5, 0.6) is 0 Å². The van der Waals surface area contributed by atoms with Gasteiger partial charge in [-0.2, -0.15) is 0 Å². The van der Waals surface area contributed by atoms with Crippen molar-refractivity contribution in [1.29, 1.82) is 0 Å². The van der Waals surface area contributed by atoms with Crippen molar-refractivity contribution in [3.63, 3.8) is 0 Å². The first kappa shape index (κ1) is 16.3. The minimum absolute atomic E-state index is 0.180. The van der Waals surface area contributed by atoms with Crippen LogP contribution >= 0.6 is 0 Å². The van der Waals surface area contributed by atoms with E-state index in [4.69, 9.17) is 9.47 Å². The van der Waals surface area contributed by atoms with Crippen LogP contribution in [0.1, 0.15) is 58.4 Å². The molecule has 1 aliphatic rings. The lowest BCUT2D eigenvalue weighted by Crippen LogP contribution is -2.36. The van der Waals surface area contributed by atoms with E-state index in [0.717, 1.165) is 12.8 Å². The van der Waals surface area contributed by atoms with Crippen molar-refractivity contribution in [2.24, 2.45) is 0 Å². The van der Waals surface area contributed by atoms with Gasteiger partial charge in [-0.25, -0.2) is 0 Å². The number of hydrogen-bond donors (Lipinski definition) is 0. The molecule has 0 saturated carbocycles. The Kier molecular flexibility index (Phi) is 6.47. The Hall–Kier alpha value is -1.12. The van der Waals surface area contributed by atoms with Gasteiger partial charge in [0.05, 0.1) is 12.2 Å². The lowest BCUT2D eigenvalue weighted by molar-refractivity contribution is -0.215. The highest BCUT2D eigenvalue weighted by Crippen LogP contribution is 2.27. The third-order valence-corrected chi connectivity index (χ3v) is 3.90. The van der Waals surface area contributed by atoms with E-state index in [0.29, 0.717) is 0 Å². The van der Waals surface area contributed by atoms with Gasteiger partial charge in [0.25, 0.3) is 0 Å². The van der Waals surface area contributed by atoms with Crippen LogP contribution in [-0.4, -0.2) is 18.5 Å². The molecule has 0 bridgehead atoms. The summed E-state index contributed by atoms with van der Waals surface area (Å²) in [5, 5.41) is 0. The van der Waals surface area contributed by atoms with Crippen LogP contribution in [0.15, 0.2) is 35.9 Å². The Bertz CT molecular complexity index is 428. The zero-order valence-corrected chi connectivity index (χ0v) is 13.5. The van der Waals surface area contributed by atoms with Gasteiger partial charge in [0.15, 0.2) is 6.29 Å². The van der Waals surface area contributed by atoms with E-state index in [1.54, 1.807) is 0 Å². The number of ether oxygens (including phenoxy) is 2. The van der Waals surface area contributed by atoms with Crippen molar-refractivity contribution in [3.05, 3.63) is 41.5 Å². The molecule has 0 amide bonds. The second-order valence-electron chi connectivity index (χ2n) is 6.05. The molecule has 0 radical (unpaired) electrons. The molecule has 1 aliphatic heterocycles. The largest absolute Gasteiger partial charge is 0.346 e. The normalized spacial score (nSPS) is 26.8. The average molecular weight is 288 g/mol. The molecule has 1 aromatic carbocycles. The summed E-state index contributed by atoms with van der Waals surface area (Å²) in [4.78, 5) is 0. The Morgan fingerprint density at radius 1 is 1.10 bits per heavy atom. The molecule has 2 heteroatoms. The molecule has 0 N–H and O–H groups in total. The van der Waals surface area contributed by atoms with Crippen molar-refractivity contribution in [2.75, 3.05) is 0 Å². The fraction of sp³-hybridized carbons (Fsp3) is 0.579. The zero-order valence-electron chi connectivity index (χ0n) is 13.5. The second kappa shape index (κ2) is 8.35. The van der Waals surface area contributed by atoms with Crippen molar-refractivity contribution < 1.29 is 9.47 Å². The van der Waals surface area contributed by atoms with E-state index < -0.39 is 0 Å². The van der Waals surface area contributed by atoms with E-state index in [9.17, 15) is 0 Å². The standard InChI is InChI=1S/C19H28O2/c1-4-5-7-12-18(14-17-10-8-6-9-11-17)19-20-15(2)13-16(3)21-19/h6,8-11,14-16,19H,4-5,7,12-13H2,1-3H3. The van der Waals surface area contributed by atoms with Gasteiger partial charge in [-0.1, -0.05) is 56.2 Å². The van der Waals surface area contributed by atoms with Gasteiger partial charge in [0, 0.05) is 0 Å². The summed E-state index contributed by atoms with van der Waals surface area (Å²) >= 11 is 0. The van der Waals surface area contributed by atoms with Crippen molar-refractivity contribution >= 4 is 6.08 Å². The van der Waals surface area contributed by atoms with Crippen molar-refractivity contribution in [1.82, 2.24) is 0 Å². The van der Waals surface area contributed by atoms with Gasteiger partial charge in [-0.15, -0.1) is 0 Å². The van der Waals surface area contributed by atoms with Crippen molar-refractivity contribution in [2.45, 2.75) is 71.4 Å². The Morgan fingerprint density at radius 2 is 1.76 bits per heavy atom. The Morgan fingerprint density at radius 3 is 2.38 bits per heavy atom. The summed E-state index contributed by atoms with van der Waals surface area (Å²) in [5.41, 5.74) is 2.50. The lowest BCUT2D eigenvalue weighted by Gasteiger charge is -2.34. The summed E-state index contributed by atoms with van der Waals surface area (Å²) in [6.45, 7) is 6.51. The van der Waals surface area contributed by atoms with E-state index in [-0.39, 0.29) is 18.5 Å². The number of unbranched alkanes of at least 4 members (excludes halogenated alkanes) is 2. The van der Waals surface area contributed by atoms with Crippen LogP contribution in [0.25, 0.3) is 6.08 Å². The third-order valence-electron chi connectivity index (χ3n) is 3.90. The van der Waals surface area contributed by atoms with Crippen LogP contribution in [0.3, 0.4) is 0 Å². The molecule has 1 heterocycles. The maximum atomic E-state index is 6.03. The Balaban J connectivity index is 2.13. The zero-order chi connectivity index (χ0) is 15.1. The first-order chi connectivity index (χ1) is 10.2. The number of rotatable bonds is 6. The van der Waals surface area contributed by atoms with E-state index in [1.807, 2.05) is 6.07 Å². The van der Waals surface area contributed by atoms with Gasteiger partial charge < -0.3 is 9.47 Å². The molecule has 1 saturated heterocycles. The fourth-order valence-electron chi connectivity index (χ4n) is 2.81. The number of hydrogen-bond acceptors (Lipinski definition) is 2. The molecular weight excluding hydrogens is 260 g/mol. The van der Waals surface area contributed by atoms with Crippen LogP contribution in [0, 0.1) is 0 Å². The summed E-state index contributed by atoms with van der Waals surface area (Å²) in [6, 6.07) is 10.5. The van der Waals surface area contributed by atoms with Crippen molar-refractivity contribution in [3.8, 4) is 0 Å². The van der Waals surface area contributed by atoms with Gasteiger partial charge in [-0.3, -0.25) is 0 Å². The molecular formula is C19H28O2. The lowest BCUT2D eigenvalue weighted by atomic mass is 10.0. The molecule has 1 fully saturated rings. The molecule has 0 aliphatic carbocycles. The fourth-order valence-corrected chi connectivity index (χ4v) is 2.81. The highest BCUT2D eigenvalue weighted by molar-refractivity contribution is 5.53. The summed E-state index contributed by atoms with van der Waals surface area (Å²) in [7, 11) is 0. The maximum Gasteiger partial charge on any atom is 0.180 e. The molecule has 0 spiro atoms. The summed E-state index contributed by atoms with van der Waals surface area (Å²) in [6.07, 6.45) is 8.30. The second-order valence-corrected chi connectivity index (χ2v) is 6.05. The molecule has 2 unspecified atom stereocenters. The third kappa shape index (κ3) is 5.29. The minimum Gasteiger partial charge on any atom is -0.346 e. The Labute approximate surface area is 129 Å². The van der Waals surface area contributed by atoms with Crippen LogP contribution < -0.4 is 0 Å². The smallest absolute Gasteiger partial charge is 0.180 e. The average Bonchev–Trinajstić information content (AvgIpc) is 2.46. The van der Waals surface area contributed by atoms with E-state index >= 15 is 0 Å². The minimum atomic E-state index is -0.180. The summed E-state index contributed by atoms with van der Waals surface area (Å²) in [5.74, 6) is 0. The van der Waals surface area contributed by atoms with E-state index in [1.165, 1.54) is 30.4 Å². The molecule has 0 aromatic heterocycles. The first-order valence-electron chi connectivity index (χ1n) is 8.25. The monoisotopic (exact) mass is 288 g/mol. The highest BCUT2D eigenvalue weighted by Gasteiger charge is 2.27. The summed E-state index contributed by atoms with van der Waals surface area (Å²) < 4.78 is 12.1. The predicted molar refractivity (Wildman–Crippen MR) is 88.1 cm³/mol. The quantitative estimate of drug-likeness (QED) is 0.671. The number of benzene rings is 1. The molecule has 2 nitrogen and oxygen atoms in total. The van der Waals surface area contributed by atoms with E-state index in [2.05, 4.69) is 51.1 Å². The van der Waals surface area contributed by atoms with Gasteiger partial charge >= 0.3 is 0 Å². The van der Waals surface area contributed by atoms with Gasteiger partial charge in [0.1, 0.15) is 0 Å². The SMILES string of the molecule is CCCCCC(=Cc1ccccc1)C1OC(C)CC(C)O1. The molecule has 21 heavy (non-hydrogen) atoms. The van der Waals surface area contributed by atoms with Crippen LogP contribution in [-0.2, 0) is 9.47 Å². The first-order valence-corrected chi connectivity index (χ1v) is 8.25. The molecule has 116 valence electrons. The molecule has 1 aromatic rings. The van der Waals surface area contributed by atoms with Crippen LogP contribution in [0.2, 0.25) is 0 Å². The van der Waals surface area contributed by atoms with Crippen LogP contribution in [0.4, 0.5) is 0 Å². The van der Waals surface area contributed by atoms with Gasteiger partial charge in [-0.05, 0) is 44.2 Å². The van der Waals surface area contributed by atoms with Gasteiger partial charge in [0.2, 0.25) is 0 Å². The highest BCUT2D eigenvalue weighted by atomic mass is 16.7. The molecule has 2 rings (SSSR count). The maximum absolute atomic E-state index is 6.03. The predicted octanol–water partition coefficient (Wildman–Crippen LogP) is 5.19. The topological polar surface area (TPSA) is 18.5 Å². The molecule has 2 atom stereocenters.